The Kier molecular flexibility index (Phi) is 5.08. The molecule has 0 unspecified atom stereocenters. The van der Waals surface area contributed by atoms with Gasteiger partial charge in [0.25, 0.3) is 0 Å². The molecule has 1 aromatic carbocycles. The summed E-state index contributed by atoms with van der Waals surface area (Å²) in [5, 5.41) is 8.66. The molecule has 36 heavy (non-hydrogen) atoms. The number of nitrogens with zero attached hydrogens (tertiary/aromatic N) is 5. The number of likely N-dealkylation sites (tertiary alicyclic amines) is 1. The van der Waals surface area contributed by atoms with Crippen molar-refractivity contribution in [1.29, 1.82) is 0 Å². The molecule has 0 atom stereocenters. The Morgan fingerprint density at radius 3 is 2.58 bits per heavy atom. The van der Waals surface area contributed by atoms with Gasteiger partial charge in [0.1, 0.15) is 0 Å². The van der Waals surface area contributed by atoms with Crippen molar-refractivity contribution in [2.75, 3.05) is 18.4 Å². The van der Waals surface area contributed by atoms with Crippen molar-refractivity contribution in [3.8, 4) is 27.5 Å². The minimum Gasteiger partial charge on any atom is -0.302 e. The zero-order valence-corrected chi connectivity index (χ0v) is 21.1. The number of pyridine rings is 1. The molecule has 1 saturated carbocycles. The number of benzene rings is 1. The van der Waals surface area contributed by atoms with Gasteiger partial charge in [0, 0.05) is 36.0 Å². The Bertz CT molecular complexity index is 1450. The molecule has 3 aliphatic rings. The lowest BCUT2D eigenvalue weighted by Gasteiger charge is -2.28. The Morgan fingerprint density at radius 2 is 1.89 bits per heavy atom. The number of thiazole rings is 1. The highest BCUT2D eigenvalue weighted by atomic mass is 32.1. The second-order valence-electron chi connectivity index (χ2n) is 10.1. The normalized spacial score (nSPS) is 18.0. The zero-order chi connectivity index (χ0) is 24.3. The van der Waals surface area contributed by atoms with Gasteiger partial charge in [-0.25, -0.2) is 9.67 Å². The molecular formula is C28H28N6OS. The lowest BCUT2D eigenvalue weighted by molar-refractivity contribution is -0.114. The van der Waals surface area contributed by atoms with Crippen molar-refractivity contribution in [1.82, 2.24) is 24.6 Å². The van der Waals surface area contributed by atoms with E-state index in [1.807, 2.05) is 12.3 Å². The Morgan fingerprint density at radius 1 is 1.08 bits per heavy atom. The van der Waals surface area contributed by atoms with Crippen LogP contribution < -0.4 is 5.32 Å². The third-order valence-electron chi connectivity index (χ3n) is 7.81. The number of carbonyl (C=O) groups is 1. The van der Waals surface area contributed by atoms with Gasteiger partial charge in [0.05, 0.1) is 27.6 Å². The summed E-state index contributed by atoms with van der Waals surface area (Å²) in [5.41, 5.74) is 8.03. The maximum atomic E-state index is 11.7. The second kappa shape index (κ2) is 8.35. The van der Waals surface area contributed by atoms with E-state index in [0.717, 1.165) is 46.1 Å². The van der Waals surface area contributed by atoms with Crippen molar-refractivity contribution in [2.24, 2.45) is 0 Å². The average molecular weight is 497 g/mol. The van der Waals surface area contributed by atoms with E-state index in [1.54, 1.807) is 6.20 Å². The molecule has 4 aromatic rings. The molecule has 2 fully saturated rings. The standard InChI is InChI=1S/C28H28N6OS/c1-18(35)30-27-31-23-11-10-22-24(19-5-4-14-29-17-19)32-34(25(22)26(23)36-27)21-8-6-20(7-9-21)28(12-13-28)33-15-2-3-16-33/h4-9,14,17H,2-3,10-13,15-16H2,1H3,(H,30,31,35). The van der Waals surface area contributed by atoms with Crippen molar-refractivity contribution < 1.29 is 4.79 Å². The summed E-state index contributed by atoms with van der Waals surface area (Å²) >= 11 is 1.53. The van der Waals surface area contributed by atoms with Crippen LogP contribution in [0.5, 0.6) is 0 Å². The quantitative estimate of drug-likeness (QED) is 0.411. The van der Waals surface area contributed by atoms with Crippen LogP contribution in [0.4, 0.5) is 5.13 Å². The fourth-order valence-corrected chi connectivity index (χ4v) is 7.08. The highest BCUT2D eigenvalue weighted by molar-refractivity contribution is 7.19. The van der Waals surface area contributed by atoms with Crippen LogP contribution in [0.3, 0.4) is 0 Å². The zero-order valence-electron chi connectivity index (χ0n) is 20.3. The van der Waals surface area contributed by atoms with Crippen LogP contribution in [0.15, 0.2) is 48.8 Å². The maximum absolute atomic E-state index is 11.7. The van der Waals surface area contributed by atoms with Crippen molar-refractivity contribution >= 4 is 22.4 Å². The minimum atomic E-state index is -0.103. The highest BCUT2D eigenvalue weighted by Crippen LogP contribution is 2.52. The van der Waals surface area contributed by atoms with Gasteiger partial charge in [-0.3, -0.25) is 14.7 Å². The molecule has 1 N–H and O–H groups in total. The number of anilines is 1. The largest absolute Gasteiger partial charge is 0.302 e. The SMILES string of the molecule is CC(=O)Nc1nc2c(s1)-c1c(c(-c3cccnc3)nn1-c1ccc(C3(N4CCCC4)CC3)cc1)CC2. The van der Waals surface area contributed by atoms with Crippen LogP contribution in [0.25, 0.3) is 27.5 Å². The number of hydrogen-bond donors (Lipinski definition) is 1. The smallest absolute Gasteiger partial charge is 0.223 e. The number of nitrogens with one attached hydrogen (secondary N) is 1. The van der Waals surface area contributed by atoms with Gasteiger partial charge in [0.2, 0.25) is 5.91 Å². The molecule has 0 radical (unpaired) electrons. The number of amides is 1. The van der Waals surface area contributed by atoms with E-state index in [1.165, 1.54) is 68.2 Å². The molecule has 1 saturated heterocycles. The molecular weight excluding hydrogens is 468 g/mol. The molecule has 0 bridgehead atoms. The molecule has 7 nitrogen and oxygen atoms in total. The molecule has 1 amide bonds. The van der Waals surface area contributed by atoms with Gasteiger partial charge in [-0.2, -0.15) is 5.10 Å². The first-order valence-corrected chi connectivity index (χ1v) is 13.6. The number of aromatic nitrogens is 4. The summed E-state index contributed by atoms with van der Waals surface area (Å²) in [5.74, 6) is -0.103. The number of rotatable bonds is 5. The maximum Gasteiger partial charge on any atom is 0.223 e. The fourth-order valence-electron chi connectivity index (χ4n) is 5.96. The molecule has 3 aromatic heterocycles. The van der Waals surface area contributed by atoms with Crippen LogP contribution in [0, 0.1) is 0 Å². The number of hydrogen-bond acceptors (Lipinski definition) is 6. The highest BCUT2D eigenvalue weighted by Gasteiger charge is 2.49. The van der Waals surface area contributed by atoms with Gasteiger partial charge in [-0.15, -0.1) is 0 Å². The number of fused-ring (bicyclic) bond motifs is 3. The van der Waals surface area contributed by atoms with Crippen molar-refractivity contribution in [2.45, 2.75) is 51.0 Å². The van der Waals surface area contributed by atoms with Crippen molar-refractivity contribution in [3.63, 3.8) is 0 Å². The van der Waals surface area contributed by atoms with E-state index in [-0.39, 0.29) is 11.4 Å². The predicted octanol–water partition coefficient (Wildman–Crippen LogP) is 5.20. The van der Waals surface area contributed by atoms with Crippen LogP contribution in [-0.4, -0.2) is 43.6 Å². The molecule has 1 aliphatic heterocycles. The van der Waals surface area contributed by atoms with Crippen LogP contribution in [0.1, 0.15) is 49.4 Å². The first-order chi connectivity index (χ1) is 17.6. The molecule has 7 rings (SSSR count). The monoisotopic (exact) mass is 496 g/mol. The summed E-state index contributed by atoms with van der Waals surface area (Å²) in [7, 11) is 0. The summed E-state index contributed by atoms with van der Waals surface area (Å²) in [4.78, 5) is 24.5. The Balaban J connectivity index is 1.34. The molecule has 0 spiro atoms. The second-order valence-corrected chi connectivity index (χ2v) is 11.1. The lowest BCUT2D eigenvalue weighted by atomic mass is 9.95. The van der Waals surface area contributed by atoms with Crippen LogP contribution in [0.2, 0.25) is 0 Å². The minimum absolute atomic E-state index is 0.103. The molecule has 182 valence electrons. The van der Waals surface area contributed by atoms with E-state index < -0.39 is 0 Å². The third kappa shape index (κ3) is 3.50. The molecule has 4 heterocycles. The van der Waals surface area contributed by atoms with Gasteiger partial charge < -0.3 is 5.32 Å². The predicted molar refractivity (Wildman–Crippen MR) is 141 cm³/mol. The summed E-state index contributed by atoms with van der Waals surface area (Å²) < 4.78 is 2.07. The van der Waals surface area contributed by atoms with Crippen molar-refractivity contribution in [3.05, 3.63) is 65.6 Å². The number of aryl methyl sites for hydroxylation is 1. The van der Waals surface area contributed by atoms with Gasteiger partial charge in [-0.05, 0) is 81.4 Å². The Hall–Kier alpha value is -3.36. The molecule has 2 aliphatic carbocycles. The van der Waals surface area contributed by atoms with Gasteiger partial charge >= 0.3 is 0 Å². The summed E-state index contributed by atoms with van der Waals surface area (Å²) in [6.07, 6.45) is 10.5. The third-order valence-corrected chi connectivity index (χ3v) is 8.83. The Labute approximate surface area is 214 Å². The van der Waals surface area contributed by atoms with E-state index in [9.17, 15) is 4.79 Å². The first-order valence-electron chi connectivity index (χ1n) is 12.8. The van der Waals surface area contributed by atoms with E-state index in [4.69, 9.17) is 10.1 Å². The topological polar surface area (TPSA) is 75.9 Å². The number of carbonyl (C=O) groups excluding carboxylic acids is 1. The van der Waals surface area contributed by atoms with Gasteiger partial charge in [-0.1, -0.05) is 23.5 Å². The summed E-state index contributed by atoms with van der Waals surface area (Å²) in [6, 6.07) is 13.1. The summed E-state index contributed by atoms with van der Waals surface area (Å²) in [6.45, 7) is 3.95. The van der Waals surface area contributed by atoms with E-state index >= 15 is 0 Å². The fraction of sp³-hybridized carbons (Fsp3) is 0.357. The van der Waals surface area contributed by atoms with E-state index in [0.29, 0.717) is 5.13 Å². The van der Waals surface area contributed by atoms with Crippen LogP contribution >= 0.6 is 11.3 Å². The lowest BCUT2D eigenvalue weighted by Crippen LogP contribution is -2.32. The van der Waals surface area contributed by atoms with E-state index in [2.05, 4.69) is 50.2 Å². The van der Waals surface area contributed by atoms with Gasteiger partial charge in [0.15, 0.2) is 5.13 Å². The van der Waals surface area contributed by atoms with Crippen LogP contribution in [-0.2, 0) is 23.2 Å². The average Bonchev–Trinajstić information content (AvgIpc) is 3.24. The first kappa shape index (κ1) is 21.9. The molecule has 8 heteroatoms.